The third-order valence-corrected chi connectivity index (χ3v) is 4.77. The summed E-state index contributed by atoms with van der Waals surface area (Å²) in [6.07, 6.45) is 0. The molecular weight excluding hydrogens is 234 g/mol. The summed E-state index contributed by atoms with van der Waals surface area (Å²) < 4.78 is -0.0363. The molecule has 0 saturated carbocycles. The molecule has 1 amide bonds. The molecule has 1 unspecified atom stereocenters. The van der Waals surface area contributed by atoms with Crippen LogP contribution in [0.5, 0.6) is 0 Å². The van der Waals surface area contributed by atoms with Gasteiger partial charge >= 0.3 is 0 Å². The Morgan fingerprint density at radius 2 is 1.82 bits per heavy atom. The van der Waals surface area contributed by atoms with Gasteiger partial charge in [-0.25, -0.2) is 0 Å². The molecule has 0 aliphatic carbocycles. The van der Waals surface area contributed by atoms with Crippen LogP contribution in [0.25, 0.3) is 0 Å². The summed E-state index contributed by atoms with van der Waals surface area (Å²) in [6, 6.07) is -0.0689. The standard InChI is InChI=1S/C12H23N3OS/c1-11(2)9(14-12(3,4)17-11)10(16)15-7-5-13-6-8-15/h9,13-14H,5-8H2,1-4H3. The van der Waals surface area contributed by atoms with Crippen molar-refractivity contribution in [1.29, 1.82) is 0 Å². The van der Waals surface area contributed by atoms with Crippen LogP contribution in [0.3, 0.4) is 0 Å². The Morgan fingerprint density at radius 1 is 1.24 bits per heavy atom. The summed E-state index contributed by atoms with van der Waals surface area (Å²) in [5.74, 6) is 0.259. The molecule has 1 atom stereocenters. The highest BCUT2D eigenvalue weighted by molar-refractivity contribution is 8.02. The average Bonchev–Trinajstić information content (AvgIpc) is 2.47. The van der Waals surface area contributed by atoms with E-state index in [1.165, 1.54) is 0 Å². The Labute approximate surface area is 108 Å². The van der Waals surface area contributed by atoms with Gasteiger partial charge in [-0.1, -0.05) is 0 Å². The van der Waals surface area contributed by atoms with Crippen LogP contribution in [0.2, 0.25) is 0 Å². The number of rotatable bonds is 1. The van der Waals surface area contributed by atoms with E-state index in [0.717, 1.165) is 26.2 Å². The van der Waals surface area contributed by atoms with Crippen molar-refractivity contribution in [3.8, 4) is 0 Å². The predicted molar refractivity (Wildman–Crippen MR) is 72.1 cm³/mol. The van der Waals surface area contributed by atoms with Gasteiger partial charge in [-0.2, -0.15) is 0 Å². The quantitative estimate of drug-likeness (QED) is 0.723. The van der Waals surface area contributed by atoms with Crippen molar-refractivity contribution in [1.82, 2.24) is 15.5 Å². The first-order valence-electron chi connectivity index (χ1n) is 6.29. The molecule has 4 nitrogen and oxygen atoms in total. The molecule has 5 heteroatoms. The van der Waals surface area contributed by atoms with Crippen molar-refractivity contribution in [3.05, 3.63) is 0 Å². The number of piperazine rings is 1. The monoisotopic (exact) mass is 257 g/mol. The van der Waals surface area contributed by atoms with E-state index in [0.29, 0.717) is 0 Å². The van der Waals surface area contributed by atoms with Gasteiger partial charge in [0, 0.05) is 30.9 Å². The summed E-state index contributed by atoms with van der Waals surface area (Å²) in [6.45, 7) is 12.1. The van der Waals surface area contributed by atoms with Crippen molar-refractivity contribution >= 4 is 17.7 Å². The minimum atomic E-state index is -0.0689. The zero-order valence-electron chi connectivity index (χ0n) is 11.2. The Balaban J connectivity index is 2.08. The summed E-state index contributed by atoms with van der Waals surface area (Å²) >= 11 is 1.85. The number of carbonyl (C=O) groups is 1. The van der Waals surface area contributed by atoms with E-state index in [9.17, 15) is 4.79 Å². The van der Waals surface area contributed by atoms with Crippen LogP contribution < -0.4 is 10.6 Å². The molecule has 2 fully saturated rings. The molecule has 98 valence electrons. The van der Waals surface area contributed by atoms with Crippen LogP contribution in [-0.2, 0) is 4.79 Å². The highest BCUT2D eigenvalue weighted by atomic mass is 32.2. The predicted octanol–water partition coefficient (Wildman–Crippen LogP) is 0.638. The summed E-state index contributed by atoms with van der Waals surface area (Å²) in [5.41, 5.74) is 0. The molecule has 0 aromatic carbocycles. The summed E-state index contributed by atoms with van der Waals surface area (Å²) in [4.78, 5) is 14.5. The number of nitrogens with one attached hydrogen (secondary N) is 2. The van der Waals surface area contributed by atoms with Gasteiger partial charge in [-0.15, -0.1) is 11.8 Å². The summed E-state index contributed by atoms with van der Waals surface area (Å²) in [5, 5.41) is 6.75. The highest BCUT2D eigenvalue weighted by Crippen LogP contribution is 2.44. The van der Waals surface area contributed by atoms with Gasteiger partial charge in [0.1, 0.15) is 6.04 Å². The zero-order valence-corrected chi connectivity index (χ0v) is 12.0. The van der Waals surface area contributed by atoms with Crippen LogP contribution in [0.15, 0.2) is 0 Å². The Kier molecular flexibility index (Phi) is 3.45. The minimum absolute atomic E-state index is 0.0160. The maximum atomic E-state index is 12.5. The molecule has 0 spiro atoms. The molecule has 0 bridgehead atoms. The van der Waals surface area contributed by atoms with E-state index < -0.39 is 0 Å². The van der Waals surface area contributed by atoms with Crippen molar-refractivity contribution in [2.24, 2.45) is 0 Å². The van der Waals surface area contributed by atoms with Gasteiger partial charge in [0.2, 0.25) is 5.91 Å². The van der Waals surface area contributed by atoms with Gasteiger partial charge in [-0.05, 0) is 27.7 Å². The first-order chi connectivity index (χ1) is 7.82. The van der Waals surface area contributed by atoms with E-state index in [-0.39, 0.29) is 21.6 Å². The normalized spacial score (nSPS) is 31.5. The van der Waals surface area contributed by atoms with Crippen molar-refractivity contribution in [3.63, 3.8) is 0 Å². The van der Waals surface area contributed by atoms with Crippen LogP contribution >= 0.6 is 11.8 Å². The number of hydrogen-bond donors (Lipinski definition) is 2. The Hall–Kier alpha value is -0.260. The highest BCUT2D eigenvalue weighted by Gasteiger charge is 2.49. The number of carbonyl (C=O) groups excluding carboxylic acids is 1. The van der Waals surface area contributed by atoms with Gasteiger partial charge in [0.05, 0.1) is 4.87 Å². The lowest BCUT2D eigenvalue weighted by Gasteiger charge is -2.33. The Morgan fingerprint density at radius 3 is 2.29 bits per heavy atom. The van der Waals surface area contributed by atoms with Gasteiger partial charge in [-0.3, -0.25) is 10.1 Å². The molecule has 0 radical (unpaired) electrons. The number of thioether (sulfide) groups is 1. The van der Waals surface area contributed by atoms with Crippen molar-refractivity contribution in [2.45, 2.75) is 43.4 Å². The number of amides is 1. The molecular formula is C12H23N3OS. The Bertz CT molecular complexity index is 311. The van der Waals surface area contributed by atoms with E-state index in [4.69, 9.17) is 0 Å². The second-order valence-electron chi connectivity index (χ2n) is 5.87. The third-order valence-electron chi connectivity index (χ3n) is 3.38. The largest absolute Gasteiger partial charge is 0.339 e. The minimum Gasteiger partial charge on any atom is -0.339 e. The fraction of sp³-hybridized carbons (Fsp3) is 0.917. The van der Waals surface area contributed by atoms with Gasteiger partial charge < -0.3 is 10.2 Å². The molecule has 2 heterocycles. The first-order valence-corrected chi connectivity index (χ1v) is 7.11. The number of nitrogens with zero attached hydrogens (tertiary/aromatic N) is 1. The molecule has 2 aliphatic heterocycles. The van der Waals surface area contributed by atoms with E-state index in [1.54, 1.807) is 0 Å². The number of hydrogen-bond acceptors (Lipinski definition) is 4. The fourth-order valence-electron chi connectivity index (χ4n) is 2.69. The van der Waals surface area contributed by atoms with Crippen LogP contribution in [0.4, 0.5) is 0 Å². The van der Waals surface area contributed by atoms with Crippen molar-refractivity contribution in [2.75, 3.05) is 26.2 Å². The molecule has 2 rings (SSSR count). The second kappa shape index (κ2) is 4.44. The lowest BCUT2D eigenvalue weighted by molar-refractivity contribution is -0.134. The maximum absolute atomic E-state index is 12.5. The summed E-state index contributed by atoms with van der Waals surface area (Å²) in [7, 11) is 0. The second-order valence-corrected chi connectivity index (χ2v) is 8.15. The SMILES string of the molecule is CC1(C)NC(C(=O)N2CCNCC2)C(C)(C)S1. The molecule has 0 aromatic rings. The molecule has 2 aliphatic rings. The molecule has 2 N–H and O–H groups in total. The average molecular weight is 257 g/mol. The molecule has 17 heavy (non-hydrogen) atoms. The molecule has 2 saturated heterocycles. The lowest BCUT2D eigenvalue weighted by Crippen LogP contribution is -2.57. The fourth-order valence-corrected chi connectivity index (χ4v) is 4.46. The van der Waals surface area contributed by atoms with Gasteiger partial charge in [0.15, 0.2) is 0 Å². The maximum Gasteiger partial charge on any atom is 0.241 e. The zero-order chi connectivity index (χ0) is 12.7. The van der Waals surface area contributed by atoms with E-state index in [2.05, 4.69) is 38.3 Å². The molecule has 0 aromatic heterocycles. The van der Waals surface area contributed by atoms with Crippen LogP contribution in [-0.4, -0.2) is 52.6 Å². The van der Waals surface area contributed by atoms with E-state index in [1.807, 2.05) is 16.7 Å². The smallest absolute Gasteiger partial charge is 0.241 e. The lowest BCUT2D eigenvalue weighted by atomic mass is 10.0. The first kappa shape index (κ1) is 13.2. The van der Waals surface area contributed by atoms with E-state index >= 15 is 0 Å². The van der Waals surface area contributed by atoms with Crippen molar-refractivity contribution < 1.29 is 4.79 Å². The topological polar surface area (TPSA) is 44.4 Å². The van der Waals surface area contributed by atoms with Gasteiger partial charge in [0.25, 0.3) is 0 Å². The van der Waals surface area contributed by atoms with Crippen LogP contribution in [0, 0.1) is 0 Å². The third kappa shape index (κ3) is 2.77. The van der Waals surface area contributed by atoms with Crippen LogP contribution in [0.1, 0.15) is 27.7 Å².